The normalized spacial score (nSPS) is 7.00. The van der Waals surface area contributed by atoms with Crippen molar-refractivity contribution >= 4 is 5.97 Å². The molecule has 0 saturated carbocycles. The van der Waals surface area contributed by atoms with E-state index in [9.17, 15) is 4.79 Å². The van der Waals surface area contributed by atoms with Gasteiger partial charge in [0.05, 0.1) is 0 Å². The molecule has 0 aromatic heterocycles. The van der Waals surface area contributed by atoms with Gasteiger partial charge >= 0.3 is 5.97 Å². The van der Waals surface area contributed by atoms with Crippen LogP contribution in [0.5, 0.6) is 0 Å². The Morgan fingerprint density at radius 1 is 1.71 bits per heavy atom. The SMILES string of the molecule is CCCC(=O)O.[Mn]. The second-order valence-corrected chi connectivity index (χ2v) is 1.14. The number of carboxylic acid groups (broad SMARTS) is 1. The van der Waals surface area contributed by atoms with Crippen molar-refractivity contribution in [1.82, 2.24) is 0 Å². The van der Waals surface area contributed by atoms with Crippen molar-refractivity contribution in [2.45, 2.75) is 19.8 Å². The number of hydrogen-bond donors (Lipinski definition) is 1. The zero-order valence-corrected chi connectivity index (χ0v) is 5.33. The minimum absolute atomic E-state index is 0. The first-order valence-corrected chi connectivity index (χ1v) is 1.99. The standard InChI is InChI=1S/C4H8O2.Mn/c1-2-3-4(5)6;/h2-3H2,1H3,(H,5,6);. The predicted octanol–water partition coefficient (Wildman–Crippen LogP) is 0.869. The van der Waals surface area contributed by atoms with Gasteiger partial charge < -0.3 is 5.11 Å². The first-order chi connectivity index (χ1) is 2.77. The summed E-state index contributed by atoms with van der Waals surface area (Å²) in [6.07, 6.45) is 1.02. The molecule has 0 fully saturated rings. The van der Waals surface area contributed by atoms with Crippen molar-refractivity contribution in [3.63, 3.8) is 0 Å². The number of rotatable bonds is 2. The summed E-state index contributed by atoms with van der Waals surface area (Å²) in [5.74, 6) is -0.711. The van der Waals surface area contributed by atoms with Crippen LogP contribution in [0.4, 0.5) is 0 Å². The molecule has 0 aliphatic carbocycles. The Labute approximate surface area is 53.4 Å². The summed E-state index contributed by atoms with van der Waals surface area (Å²) in [7, 11) is 0. The summed E-state index contributed by atoms with van der Waals surface area (Å²) < 4.78 is 0. The van der Waals surface area contributed by atoms with E-state index in [2.05, 4.69) is 0 Å². The van der Waals surface area contributed by atoms with Gasteiger partial charge in [0.2, 0.25) is 0 Å². The molecule has 0 aliphatic rings. The Kier molecular flexibility index (Phi) is 8.62. The van der Waals surface area contributed by atoms with Gasteiger partial charge in [0.1, 0.15) is 0 Å². The third kappa shape index (κ3) is 10.7. The van der Waals surface area contributed by atoms with Crippen LogP contribution in [0.3, 0.4) is 0 Å². The van der Waals surface area contributed by atoms with Crippen LogP contribution in [0.1, 0.15) is 19.8 Å². The molecule has 0 unspecified atom stereocenters. The van der Waals surface area contributed by atoms with Crippen LogP contribution in [0.15, 0.2) is 0 Å². The van der Waals surface area contributed by atoms with Crippen LogP contribution >= 0.6 is 0 Å². The molecule has 3 heteroatoms. The van der Waals surface area contributed by atoms with Gasteiger partial charge in [-0.3, -0.25) is 4.79 Å². The van der Waals surface area contributed by atoms with Crippen LogP contribution in [-0.2, 0) is 21.9 Å². The molecular formula is C4H8MnO2. The second-order valence-electron chi connectivity index (χ2n) is 1.14. The molecule has 0 aromatic carbocycles. The van der Waals surface area contributed by atoms with Crippen molar-refractivity contribution in [3.8, 4) is 0 Å². The minimum atomic E-state index is -0.711. The molecule has 0 bridgehead atoms. The molecule has 0 rings (SSSR count). The zero-order valence-electron chi connectivity index (χ0n) is 4.15. The minimum Gasteiger partial charge on any atom is -0.481 e. The van der Waals surface area contributed by atoms with Crippen molar-refractivity contribution in [3.05, 3.63) is 0 Å². The van der Waals surface area contributed by atoms with Gasteiger partial charge in [-0.15, -0.1) is 0 Å². The molecule has 0 heterocycles. The van der Waals surface area contributed by atoms with E-state index >= 15 is 0 Å². The fourth-order valence-electron chi connectivity index (χ4n) is 0.214. The maximum Gasteiger partial charge on any atom is 0.303 e. The molecule has 43 valence electrons. The van der Waals surface area contributed by atoms with Gasteiger partial charge in [0.15, 0.2) is 0 Å². The Morgan fingerprint density at radius 2 is 2.14 bits per heavy atom. The molecule has 0 spiro atoms. The van der Waals surface area contributed by atoms with E-state index in [1.807, 2.05) is 6.92 Å². The third-order valence-electron chi connectivity index (χ3n) is 0.464. The first-order valence-electron chi connectivity index (χ1n) is 1.99. The molecule has 2 nitrogen and oxygen atoms in total. The van der Waals surface area contributed by atoms with Crippen LogP contribution < -0.4 is 0 Å². The molecule has 0 aliphatic heterocycles. The van der Waals surface area contributed by atoms with Crippen LogP contribution in [-0.4, -0.2) is 11.1 Å². The van der Waals surface area contributed by atoms with E-state index < -0.39 is 5.97 Å². The van der Waals surface area contributed by atoms with Gasteiger partial charge in [-0.25, -0.2) is 0 Å². The fourth-order valence-corrected chi connectivity index (χ4v) is 0.214. The Morgan fingerprint density at radius 3 is 2.14 bits per heavy atom. The van der Waals surface area contributed by atoms with Crippen molar-refractivity contribution in [2.75, 3.05) is 0 Å². The zero-order chi connectivity index (χ0) is 4.99. The van der Waals surface area contributed by atoms with Gasteiger partial charge in [0.25, 0.3) is 0 Å². The molecule has 1 N–H and O–H groups in total. The van der Waals surface area contributed by atoms with E-state index in [4.69, 9.17) is 5.11 Å². The average molecular weight is 143 g/mol. The monoisotopic (exact) mass is 143 g/mol. The summed E-state index contributed by atoms with van der Waals surface area (Å²) in [5, 5.41) is 7.91. The van der Waals surface area contributed by atoms with Crippen molar-refractivity contribution < 1.29 is 27.0 Å². The van der Waals surface area contributed by atoms with E-state index in [1.54, 1.807) is 0 Å². The number of carbonyl (C=O) groups is 1. The maximum atomic E-state index is 9.60. The molecule has 0 aromatic rings. The van der Waals surface area contributed by atoms with E-state index in [-0.39, 0.29) is 17.1 Å². The maximum absolute atomic E-state index is 9.60. The first kappa shape index (κ1) is 10.1. The largest absolute Gasteiger partial charge is 0.481 e. The van der Waals surface area contributed by atoms with Gasteiger partial charge in [0, 0.05) is 23.5 Å². The summed E-state index contributed by atoms with van der Waals surface area (Å²) in [6.45, 7) is 1.84. The molecule has 0 amide bonds. The predicted molar refractivity (Wildman–Crippen MR) is 22.5 cm³/mol. The quantitative estimate of drug-likeness (QED) is 0.582. The van der Waals surface area contributed by atoms with Crippen molar-refractivity contribution in [2.24, 2.45) is 0 Å². The molecule has 1 radical (unpaired) electrons. The third-order valence-corrected chi connectivity index (χ3v) is 0.464. The molecule has 0 saturated heterocycles. The smallest absolute Gasteiger partial charge is 0.303 e. The summed E-state index contributed by atoms with van der Waals surface area (Å²) in [4.78, 5) is 9.60. The molecular weight excluding hydrogens is 135 g/mol. The Hall–Kier alpha value is -0.0105. The van der Waals surface area contributed by atoms with Crippen molar-refractivity contribution in [1.29, 1.82) is 0 Å². The Bertz CT molecular complexity index is 53.7. The van der Waals surface area contributed by atoms with E-state index in [1.165, 1.54) is 0 Å². The average Bonchev–Trinajstić information content (AvgIpc) is 1.35. The summed E-state index contributed by atoms with van der Waals surface area (Å²) in [5.41, 5.74) is 0. The number of aliphatic carboxylic acids is 1. The topological polar surface area (TPSA) is 37.3 Å². The summed E-state index contributed by atoms with van der Waals surface area (Å²) >= 11 is 0. The van der Waals surface area contributed by atoms with E-state index in [0.717, 1.165) is 6.42 Å². The fraction of sp³-hybridized carbons (Fsp3) is 0.750. The summed E-state index contributed by atoms with van der Waals surface area (Å²) in [6, 6.07) is 0. The molecule has 7 heavy (non-hydrogen) atoms. The molecule has 0 atom stereocenters. The second kappa shape index (κ2) is 5.99. The van der Waals surface area contributed by atoms with Gasteiger partial charge in [-0.05, 0) is 6.42 Å². The van der Waals surface area contributed by atoms with Gasteiger partial charge in [-0.2, -0.15) is 0 Å². The Balaban J connectivity index is 0. The van der Waals surface area contributed by atoms with Gasteiger partial charge in [-0.1, -0.05) is 6.92 Å². The number of hydrogen-bond acceptors (Lipinski definition) is 1. The van der Waals surface area contributed by atoms with Crippen LogP contribution in [0.2, 0.25) is 0 Å². The van der Waals surface area contributed by atoms with Crippen LogP contribution in [0, 0.1) is 0 Å². The van der Waals surface area contributed by atoms with E-state index in [0.29, 0.717) is 6.42 Å². The van der Waals surface area contributed by atoms with Crippen LogP contribution in [0.25, 0.3) is 0 Å². The number of carboxylic acids is 1.